The lowest BCUT2D eigenvalue weighted by atomic mass is 10.3. The zero-order valence-corrected chi connectivity index (χ0v) is 13.0. The molecule has 0 fully saturated rings. The van der Waals surface area contributed by atoms with Gasteiger partial charge in [-0.05, 0) is 31.2 Å². The van der Waals surface area contributed by atoms with Gasteiger partial charge in [0.2, 0.25) is 10.0 Å². The van der Waals surface area contributed by atoms with Crippen molar-refractivity contribution in [3.8, 4) is 5.75 Å². The summed E-state index contributed by atoms with van der Waals surface area (Å²) in [7, 11) is -3.48. The minimum absolute atomic E-state index is 0. The van der Waals surface area contributed by atoms with Gasteiger partial charge >= 0.3 is 0 Å². The lowest BCUT2D eigenvalue weighted by molar-refractivity contribution is 0.110. The first-order chi connectivity index (χ1) is 9.10. The van der Waals surface area contributed by atoms with E-state index >= 15 is 0 Å². The van der Waals surface area contributed by atoms with E-state index in [4.69, 9.17) is 15.2 Å². The van der Waals surface area contributed by atoms with Gasteiger partial charge in [-0.2, -0.15) is 0 Å². The van der Waals surface area contributed by atoms with Gasteiger partial charge in [-0.1, -0.05) is 0 Å². The van der Waals surface area contributed by atoms with Crippen molar-refractivity contribution in [2.75, 3.05) is 32.9 Å². The Morgan fingerprint density at radius 2 is 1.85 bits per heavy atom. The maximum Gasteiger partial charge on any atom is 0.240 e. The van der Waals surface area contributed by atoms with Crippen LogP contribution in [0.5, 0.6) is 5.75 Å². The summed E-state index contributed by atoms with van der Waals surface area (Å²) >= 11 is 0. The van der Waals surface area contributed by atoms with Crippen LogP contribution in [-0.4, -0.2) is 41.3 Å². The number of nitrogens with two attached hydrogens (primary N) is 1. The average molecular weight is 325 g/mol. The van der Waals surface area contributed by atoms with Gasteiger partial charge in [-0.25, -0.2) is 13.1 Å². The van der Waals surface area contributed by atoms with Crippen LogP contribution < -0.4 is 15.2 Å². The zero-order valence-electron chi connectivity index (χ0n) is 11.4. The molecular formula is C12H21ClN2O4S. The topological polar surface area (TPSA) is 90.6 Å². The summed E-state index contributed by atoms with van der Waals surface area (Å²) in [5, 5.41) is 0. The van der Waals surface area contributed by atoms with Gasteiger partial charge < -0.3 is 15.2 Å². The molecule has 0 atom stereocenters. The van der Waals surface area contributed by atoms with Crippen LogP contribution >= 0.6 is 12.4 Å². The third-order valence-electron chi connectivity index (χ3n) is 2.27. The van der Waals surface area contributed by atoms with Crippen molar-refractivity contribution in [1.82, 2.24) is 4.72 Å². The molecular weight excluding hydrogens is 304 g/mol. The number of nitrogens with one attached hydrogen (secondary N) is 1. The number of hydrogen-bond donors (Lipinski definition) is 2. The van der Waals surface area contributed by atoms with Crippen molar-refractivity contribution in [2.24, 2.45) is 5.73 Å². The van der Waals surface area contributed by atoms with Gasteiger partial charge in [0.25, 0.3) is 0 Å². The number of halogens is 1. The molecule has 116 valence electrons. The number of rotatable bonds is 9. The summed E-state index contributed by atoms with van der Waals surface area (Å²) in [6.07, 6.45) is 0. The molecule has 1 rings (SSSR count). The van der Waals surface area contributed by atoms with E-state index in [-0.39, 0.29) is 30.4 Å². The monoisotopic (exact) mass is 324 g/mol. The highest BCUT2D eigenvalue weighted by atomic mass is 35.5. The molecule has 1 aromatic carbocycles. The Bertz CT molecular complexity index is 465. The SMILES string of the molecule is CCOCCOc1ccc(S(=O)(=O)NCCN)cc1.Cl. The second kappa shape index (κ2) is 9.95. The maximum absolute atomic E-state index is 11.8. The molecule has 0 aliphatic heterocycles. The fourth-order valence-electron chi connectivity index (χ4n) is 1.35. The number of ether oxygens (including phenoxy) is 2. The number of benzene rings is 1. The highest BCUT2D eigenvalue weighted by Gasteiger charge is 2.12. The lowest BCUT2D eigenvalue weighted by Gasteiger charge is -2.08. The quantitative estimate of drug-likeness (QED) is 0.654. The minimum Gasteiger partial charge on any atom is -0.491 e. The summed E-state index contributed by atoms with van der Waals surface area (Å²) in [5.74, 6) is 0.609. The van der Waals surface area contributed by atoms with Gasteiger partial charge in [0.05, 0.1) is 11.5 Å². The van der Waals surface area contributed by atoms with E-state index in [0.29, 0.717) is 25.6 Å². The molecule has 0 bridgehead atoms. The smallest absolute Gasteiger partial charge is 0.240 e. The Morgan fingerprint density at radius 3 is 2.40 bits per heavy atom. The molecule has 0 unspecified atom stereocenters. The van der Waals surface area contributed by atoms with Crippen LogP contribution in [0.4, 0.5) is 0 Å². The molecule has 8 heteroatoms. The number of sulfonamides is 1. The largest absolute Gasteiger partial charge is 0.491 e. The fourth-order valence-corrected chi connectivity index (χ4v) is 2.40. The van der Waals surface area contributed by atoms with Crippen LogP contribution in [-0.2, 0) is 14.8 Å². The van der Waals surface area contributed by atoms with Crippen molar-refractivity contribution in [3.63, 3.8) is 0 Å². The predicted molar refractivity (Wildman–Crippen MR) is 79.9 cm³/mol. The third-order valence-corrected chi connectivity index (χ3v) is 3.75. The second-order valence-corrected chi connectivity index (χ2v) is 5.47. The van der Waals surface area contributed by atoms with Crippen LogP contribution in [0.3, 0.4) is 0 Å². The molecule has 0 aliphatic carbocycles. The minimum atomic E-state index is -3.48. The van der Waals surface area contributed by atoms with Crippen LogP contribution in [0.1, 0.15) is 6.92 Å². The van der Waals surface area contributed by atoms with Gasteiger partial charge in [0, 0.05) is 19.7 Å². The van der Waals surface area contributed by atoms with Crippen molar-refractivity contribution >= 4 is 22.4 Å². The van der Waals surface area contributed by atoms with Crippen molar-refractivity contribution < 1.29 is 17.9 Å². The molecule has 0 saturated carbocycles. The summed E-state index contributed by atoms with van der Waals surface area (Å²) in [4.78, 5) is 0.193. The number of hydrogen-bond acceptors (Lipinski definition) is 5. The summed E-state index contributed by atoms with van der Waals surface area (Å²) in [6, 6.07) is 6.22. The van der Waals surface area contributed by atoms with E-state index in [1.165, 1.54) is 12.1 Å². The third kappa shape index (κ3) is 6.53. The van der Waals surface area contributed by atoms with Gasteiger partial charge in [-0.15, -0.1) is 12.4 Å². The Labute approximate surface area is 126 Å². The van der Waals surface area contributed by atoms with Crippen molar-refractivity contribution in [1.29, 1.82) is 0 Å². The van der Waals surface area contributed by atoms with E-state index in [9.17, 15) is 8.42 Å². The van der Waals surface area contributed by atoms with E-state index < -0.39 is 10.0 Å². The summed E-state index contributed by atoms with van der Waals surface area (Å²) < 4.78 is 36.5. The summed E-state index contributed by atoms with van der Waals surface area (Å²) in [5.41, 5.74) is 5.26. The maximum atomic E-state index is 11.8. The van der Waals surface area contributed by atoms with Gasteiger partial charge in [0.15, 0.2) is 0 Å². The van der Waals surface area contributed by atoms with E-state index in [1.807, 2.05) is 6.92 Å². The van der Waals surface area contributed by atoms with Crippen molar-refractivity contribution in [2.45, 2.75) is 11.8 Å². The first kappa shape index (κ1) is 19.1. The molecule has 0 radical (unpaired) electrons. The van der Waals surface area contributed by atoms with Crippen molar-refractivity contribution in [3.05, 3.63) is 24.3 Å². The second-order valence-electron chi connectivity index (χ2n) is 3.70. The molecule has 3 N–H and O–H groups in total. The molecule has 0 aromatic heterocycles. The molecule has 0 saturated heterocycles. The molecule has 0 amide bonds. The molecule has 6 nitrogen and oxygen atoms in total. The standard InChI is InChI=1S/C12H20N2O4S.ClH/c1-2-17-9-10-18-11-3-5-12(6-4-11)19(15,16)14-8-7-13;/h3-6,14H,2,7-10,13H2,1H3;1H. The first-order valence-corrected chi connectivity index (χ1v) is 7.59. The van der Waals surface area contributed by atoms with E-state index in [2.05, 4.69) is 4.72 Å². The Balaban J connectivity index is 0.00000361. The predicted octanol–water partition coefficient (Wildman–Crippen LogP) is 0.761. The lowest BCUT2D eigenvalue weighted by Crippen LogP contribution is -2.29. The van der Waals surface area contributed by atoms with Crippen LogP contribution in [0.15, 0.2) is 29.2 Å². The molecule has 0 spiro atoms. The highest BCUT2D eigenvalue weighted by Crippen LogP contribution is 2.15. The normalized spacial score (nSPS) is 10.9. The van der Waals surface area contributed by atoms with Gasteiger partial charge in [-0.3, -0.25) is 0 Å². The molecule has 0 aliphatic rings. The zero-order chi connectivity index (χ0) is 14.1. The van der Waals surface area contributed by atoms with Crippen LogP contribution in [0.2, 0.25) is 0 Å². The Hall–Kier alpha value is -0.860. The van der Waals surface area contributed by atoms with Crippen LogP contribution in [0, 0.1) is 0 Å². The van der Waals surface area contributed by atoms with Gasteiger partial charge in [0.1, 0.15) is 12.4 Å². The van der Waals surface area contributed by atoms with E-state index in [0.717, 1.165) is 0 Å². The highest BCUT2D eigenvalue weighted by molar-refractivity contribution is 7.89. The van der Waals surface area contributed by atoms with E-state index in [1.54, 1.807) is 12.1 Å². The summed E-state index contributed by atoms with van der Waals surface area (Å²) in [6.45, 7) is 3.98. The van der Waals surface area contributed by atoms with Crippen LogP contribution in [0.25, 0.3) is 0 Å². The molecule has 20 heavy (non-hydrogen) atoms. The first-order valence-electron chi connectivity index (χ1n) is 6.10. The molecule has 1 aromatic rings. The average Bonchev–Trinajstić information content (AvgIpc) is 2.42. The Morgan fingerprint density at radius 1 is 1.20 bits per heavy atom. The molecule has 0 heterocycles. The fraction of sp³-hybridized carbons (Fsp3) is 0.500. The Kier molecular flexibility index (Phi) is 9.52.